The van der Waals surface area contributed by atoms with E-state index < -0.39 is 0 Å². The van der Waals surface area contributed by atoms with Crippen LogP contribution < -0.4 is 5.73 Å². The van der Waals surface area contributed by atoms with E-state index >= 15 is 0 Å². The number of hydrogen-bond acceptors (Lipinski definition) is 3. The number of nitrogens with two attached hydrogens (primary N) is 1. The van der Waals surface area contributed by atoms with Gasteiger partial charge in [-0.3, -0.25) is 0 Å². The first-order valence-electron chi connectivity index (χ1n) is 3.26. The van der Waals surface area contributed by atoms with Crippen LogP contribution in [0.1, 0.15) is 11.8 Å². The summed E-state index contributed by atoms with van der Waals surface area (Å²) < 4.78 is 0.944. The molecule has 1 aromatic rings. The Morgan fingerprint density at radius 2 is 2.42 bits per heavy atom. The summed E-state index contributed by atoms with van der Waals surface area (Å²) in [6.45, 7) is 1.71. The van der Waals surface area contributed by atoms with Crippen molar-refractivity contribution < 1.29 is 0 Å². The van der Waals surface area contributed by atoms with Crippen LogP contribution >= 0.6 is 27.3 Å². The van der Waals surface area contributed by atoms with Crippen LogP contribution in [0.4, 0.5) is 0 Å². The molecule has 0 amide bonds. The van der Waals surface area contributed by atoms with Crippen molar-refractivity contribution >= 4 is 33.0 Å². The van der Waals surface area contributed by atoms with Gasteiger partial charge in [-0.25, -0.2) is 0 Å². The van der Waals surface area contributed by atoms with Gasteiger partial charge in [-0.05, 0) is 34.3 Å². The summed E-state index contributed by atoms with van der Waals surface area (Å²) in [6.07, 6.45) is 0. The molecule has 1 heterocycles. The summed E-state index contributed by atoms with van der Waals surface area (Å²) in [6, 6.07) is 3.93. The Bertz CT molecular complexity index is 359. The molecule has 62 valence electrons. The van der Waals surface area contributed by atoms with Crippen LogP contribution in [0.25, 0.3) is 5.70 Å². The third-order valence-corrected chi connectivity index (χ3v) is 3.30. The normalized spacial score (nSPS) is 12.1. The second kappa shape index (κ2) is 3.74. The molecule has 2 N–H and O–H groups in total. The van der Waals surface area contributed by atoms with E-state index in [1.165, 1.54) is 11.3 Å². The molecule has 4 heteroatoms. The van der Waals surface area contributed by atoms with E-state index in [0.717, 1.165) is 9.35 Å². The quantitative estimate of drug-likeness (QED) is 0.771. The van der Waals surface area contributed by atoms with Gasteiger partial charge >= 0.3 is 0 Å². The molecule has 0 bridgehead atoms. The topological polar surface area (TPSA) is 49.8 Å². The van der Waals surface area contributed by atoms with Crippen molar-refractivity contribution in [3.8, 4) is 6.07 Å². The van der Waals surface area contributed by atoms with E-state index in [1.54, 1.807) is 6.92 Å². The standard InChI is InChI=1S/C8H7BrN2S/c1-5(4-10)7(11)8-6(9)2-3-12-8/h2-3H,11H2,1H3/b7-5-. The molecule has 0 unspecified atom stereocenters. The van der Waals surface area contributed by atoms with Crippen molar-refractivity contribution in [2.45, 2.75) is 6.92 Å². The van der Waals surface area contributed by atoms with E-state index in [4.69, 9.17) is 11.0 Å². The van der Waals surface area contributed by atoms with Crippen molar-refractivity contribution in [1.29, 1.82) is 5.26 Å². The maximum Gasteiger partial charge on any atom is 0.0966 e. The Kier molecular flexibility index (Phi) is 2.90. The number of nitrogens with zero attached hydrogens (tertiary/aromatic N) is 1. The van der Waals surface area contributed by atoms with Gasteiger partial charge in [-0.1, -0.05) is 0 Å². The lowest BCUT2D eigenvalue weighted by Gasteiger charge is -1.98. The second-order valence-corrected chi connectivity index (χ2v) is 4.02. The maximum absolute atomic E-state index is 8.60. The summed E-state index contributed by atoms with van der Waals surface area (Å²) in [7, 11) is 0. The van der Waals surface area contributed by atoms with Gasteiger partial charge < -0.3 is 5.73 Å². The molecule has 0 aliphatic carbocycles. The molecule has 2 nitrogen and oxygen atoms in total. The summed E-state index contributed by atoms with van der Waals surface area (Å²) in [4.78, 5) is 0.925. The van der Waals surface area contributed by atoms with Gasteiger partial charge in [0.15, 0.2) is 0 Å². The minimum absolute atomic E-state index is 0.554. The molecule has 0 aromatic carbocycles. The minimum atomic E-state index is 0.554. The molecule has 0 aliphatic rings. The maximum atomic E-state index is 8.60. The third-order valence-electron chi connectivity index (χ3n) is 1.43. The zero-order valence-corrected chi connectivity index (χ0v) is 8.87. The summed E-state index contributed by atoms with van der Waals surface area (Å²) in [5.74, 6) is 0. The van der Waals surface area contributed by atoms with Crippen molar-refractivity contribution in [3.63, 3.8) is 0 Å². The zero-order chi connectivity index (χ0) is 9.14. The third kappa shape index (κ3) is 1.68. The van der Waals surface area contributed by atoms with Gasteiger partial charge in [0.25, 0.3) is 0 Å². The number of thiophene rings is 1. The van der Waals surface area contributed by atoms with Crippen LogP contribution in [0.5, 0.6) is 0 Å². The van der Waals surface area contributed by atoms with Crippen LogP contribution in [-0.2, 0) is 0 Å². The highest BCUT2D eigenvalue weighted by Crippen LogP contribution is 2.28. The average molecular weight is 243 g/mol. The molecule has 12 heavy (non-hydrogen) atoms. The lowest BCUT2D eigenvalue weighted by Crippen LogP contribution is -1.97. The predicted molar refractivity (Wildman–Crippen MR) is 54.4 cm³/mol. The highest BCUT2D eigenvalue weighted by molar-refractivity contribution is 9.10. The van der Waals surface area contributed by atoms with Crippen LogP contribution in [0.2, 0.25) is 0 Å². The lowest BCUT2D eigenvalue weighted by molar-refractivity contribution is 1.41. The van der Waals surface area contributed by atoms with Crippen molar-refractivity contribution in [2.24, 2.45) is 5.73 Å². The van der Waals surface area contributed by atoms with E-state index in [2.05, 4.69) is 15.9 Å². The minimum Gasteiger partial charge on any atom is -0.397 e. The van der Waals surface area contributed by atoms with Crippen LogP contribution in [0.3, 0.4) is 0 Å². The van der Waals surface area contributed by atoms with Gasteiger partial charge in [0.2, 0.25) is 0 Å². The van der Waals surface area contributed by atoms with E-state index in [-0.39, 0.29) is 0 Å². The Hall–Kier alpha value is -0.790. The monoisotopic (exact) mass is 242 g/mol. The molecule has 0 saturated carbocycles. The fourth-order valence-corrected chi connectivity index (χ4v) is 2.32. The van der Waals surface area contributed by atoms with E-state index in [0.29, 0.717) is 11.3 Å². The van der Waals surface area contributed by atoms with Crippen LogP contribution in [-0.4, -0.2) is 0 Å². The van der Waals surface area contributed by atoms with Gasteiger partial charge in [0.05, 0.1) is 22.2 Å². The van der Waals surface area contributed by atoms with E-state index in [9.17, 15) is 0 Å². The zero-order valence-electron chi connectivity index (χ0n) is 6.47. The largest absolute Gasteiger partial charge is 0.397 e. The smallest absolute Gasteiger partial charge is 0.0966 e. The molecule has 1 aromatic heterocycles. The summed E-state index contributed by atoms with van der Waals surface area (Å²) in [5.41, 5.74) is 6.84. The molecule has 1 rings (SSSR count). The Morgan fingerprint density at radius 3 is 2.83 bits per heavy atom. The number of rotatable bonds is 1. The summed E-state index contributed by atoms with van der Waals surface area (Å²) in [5, 5.41) is 10.5. The van der Waals surface area contributed by atoms with Crippen LogP contribution in [0.15, 0.2) is 21.5 Å². The van der Waals surface area contributed by atoms with Crippen LogP contribution in [0, 0.1) is 11.3 Å². The number of halogens is 1. The number of hydrogen-bond donors (Lipinski definition) is 1. The first-order chi connectivity index (χ1) is 5.66. The molecule has 0 fully saturated rings. The Balaban J connectivity index is 3.18. The Labute approximate surface area is 83.4 Å². The van der Waals surface area contributed by atoms with Crippen molar-refractivity contribution in [3.05, 3.63) is 26.4 Å². The first kappa shape index (κ1) is 9.30. The van der Waals surface area contributed by atoms with Crippen molar-refractivity contribution in [1.82, 2.24) is 0 Å². The molecule has 0 aliphatic heterocycles. The highest BCUT2D eigenvalue weighted by Gasteiger charge is 2.06. The molecular formula is C8H7BrN2S. The molecule has 0 saturated heterocycles. The van der Waals surface area contributed by atoms with Crippen molar-refractivity contribution in [2.75, 3.05) is 0 Å². The molecule has 0 spiro atoms. The van der Waals surface area contributed by atoms with Gasteiger partial charge in [-0.2, -0.15) is 5.26 Å². The lowest BCUT2D eigenvalue weighted by atomic mass is 10.2. The fraction of sp³-hybridized carbons (Fsp3) is 0.125. The SMILES string of the molecule is C/C(C#N)=C(/N)c1sccc1Br. The Morgan fingerprint density at radius 1 is 1.75 bits per heavy atom. The predicted octanol–water partition coefficient (Wildman–Crippen LogP) is 2.72. The summed E-state index contributed by atoms with van der Waals surface area (Å²) >= 11 is 4.87. The van der Waals surface area contributed by atoms with Gasteiger partial charge in [0, 0.05) is 4.47 Å². The van der Waals surface area contributed by atoms with E-state index in [1.807, 2.05) is 17.5 Å². The highest BCUT2D eigenvalue weighted by atomic mass is 79.9. The number of allylic oxidation sites excluding steroid dienone is 1. The first-order valence-corrected chi connectivity index (χ1v) is 4.94. The molecule has 0 atom stereocenters. The fourth-order valence-electron chi connectivity index (χ4n) is 0.716. The number of nitriles is 1. The van der Waals surface area contributed by atoms with Gasteiger partial charge in [-0.15, -0.1) is 11.3 Å². The molecular weight excluding hydrogens is 236 g/mol. The molecule has 0 radical (unpaired) electrons. The van der Waals surface area contributed by atoms with Gasteiger partial charge in [0.1, 0.15) is 0 Å². The average Bonchev–Trinajstić information content (AvgIpc) is 2.48. The second-order valence-electron chi connectivity index (χ2n) is 2.25.